The molecule has 0 saturated carbocycles. The van der Waals surface area contributed by atoms with Gasteiger partial charge in [-0.15, -0.1) is 10.2 Å². The van der Waals surface area contributed by atoms with E-state index in [0.717, 1.165) is 21.3 Å². The fourth-order valence-corrected chi connectivity index (χ4v) is 2.90. The van der Waals surface area contributed by atoms with E-state index in [1.54, 1.807) is 6.33 Å². The van der Waals surface area contributed by atoms with Gasteiger partial charge in [0.05, 0.1) is 0 Å². The summed E-state index contributed by atoms with van der Waals surface area (Å²) in [5, 5.41) is 11.5. The van der Waals surface area contributed by atoms with Gasteiger partial charge in [-0.2, -0.15) is 0 Å². The van der Waals surface area contributed by atoms with Crippen LogP contribution >= 0.6 is 11.8 Å². The molecule has 25 heavy (non-hydrogen) atoms. The summed E-state index contributed by atoms with van der Waals surface area (Å²) >= 11 is 1.51. The summed E-state index contributed by atoms with van der Waals surface area (Å²) in [4.78, 5) is 13.0. The summed E-state index contributed by atoms with van der Waals surface area (Å²) in [6, 6.07) is 15.2. The van der Waals surface area contributed by atoms with E-state index in [-0.39, 0.29) is 12.5 Å². The van der Waals surface area contributed by atoms with E-state index < -0.39 is 0 Å². The molecule has 3 aromatic rings. The van der Waals surface area contributed by atoms with Crippen molar-refractivity contribution in [1.82, 2.24) is 14.8 Å². The molecule has 0 fully saturated rings. The molecule has 1 amide bonds. The molecule has 128 valence electrons. The summed E-state index contributed by atoms with van der Waals surface area (Å²) in [5.41, 5.74) is 1.72. The van der Waals surface area contributed by atoms with E-state index in [4.69, 9.17) is 4.74 Å². The van der Waals surface area contributed by atoms with Crippen LogP contribution in [0.4, 0.5) is 5.69 Å². The zero-order valence-corrected chi connectivity index (χ0v) is 14.8. The predicted molar refractivity (Wildman–Crippen MR) is 96.9 cm³/mol. The molecular weight excluding hydrogens is 336 g/mol. The number of carbonyl (C=O) groups is 1. The number of nitrogens with one attached hydrogen (secondary N) is 1. The maximum atomic E-state index is 12.0. The van der Waals surface area contributed by atoms with Gasteiger partial charge in [-0.3, -0.25) is 4.79 Å². The Morgan fingerprint density at radius 2 is 1.96 bits per heavy atom. The second-order valence-electron chi connectivity index (χ2n) is 5.45. The number of benzene rings is 2. The maximum absolute atomic E-state index is 12.0. The van der Waals surface area contributed by atoms with Gasteiger partial charge in [-0.05, 0) is 54.6 Å². The average Bonchev–Trinajstić information content (AvgIpc) is 3.01. The Morgan fingerprint density at radius 3 is 2.64 bits per heavy atom. The number of anilines is 1. The number of aromatic nitrogens is 3. The molecule has 1 aromatic heterocycles. The molecule has 0 aliphatic heterocycles. The van der Waals surface area contributed by atoms with Gasteiger partial charge < -0.3 is 14.6 Å². The number of para-hydroxylation sites is 1. The first-order valence-electron chi connectivity index (χ1n) is 7.72. The van der Waals surface area contributed by atoms with Crippen molar-refractivity contribution in [1.29, 1.82) is 0 Å². The van der Waals surface area contributed by atoms with Gasteiger partial charge in [0.2, 0.25) is 0 Å². The van der Waals surface area contributed by atoms with Crippen molar-refractivity contribution in [2.45, 2.75) is 17.0 Å². The van der Waals surface area contributed by atoms with Crippen LogP contribution in [-0.2, 0) is 11.8 Å². The molecule has 0 unspecified atom stereocenters. The van der Waals surface area contributed by atoms with Gasteiger partial charge in [0, 0.05) is 17.6 Å². The lowest BCUT2D eigenvalue weighted by atomic mass is 10.2. The summed E-state index contributed by atoms with van der Waals surface area (Å²) in [7, 11) is 1.89. The van der Waals surface area contributed by atoms with Gasteiger partial charge in [0.15, 0.2) is 11.8 Å². The minimum Gasteiger partial charge on any atom is -0.483 e. The molecule has 0 saturated heterocycles. The molecule has 0 aliphatic carbocycles. The maximum Gasteiger partial charge on any atom is 0.262 e. The Kier molecular flexibility index (Phi) is 5.35. The lowest BCUT2D eigenvalue weighted by Gasteiger charge is -2.09. The number of ether oxygens (including phenoxy) is 1. The smallest absolute Gasteiger partial charge is 0.262 e. The van der Waals surface area contributed by atoms with Crippen LogP contribution in [0.15, 0.2) is 64.9 Å². The quantitative estimate of drug-likeness (QED) is 0.736. The van der Waals surface area contributed by atoms with Gasteiger partial charge in [0.1, 0.15) is 12.1 Å². The number of hydrogen-bond donors (Lipinski definition) is 1. The Morgan fingerprint density at radius 1 is 1.20 bits per heavy atom. The first-order chi connectivity index (χ1) is 12.1. The largest absolute Gasteiger partial charge is 0.483 e. The zero-order valence-electron chi connectivity index (χ0n) is 14.0. The van der Waals surface area contributed by atoms with Gasteiger partial charge in [0.25, 0.3) is 5.91 Å². The molecule has 0 radical (unpaired) electrons. The van der Waals surface area contributed by atoms with Crippen LogP contribution < -0.4 is 10.1 Å². The molecule has 1 heterocycles. The second kappa shape index (κ2) is 7.85. The van der Waals surface area contributed by atoms with Gasteiger partial charge in [-0.1, -0.05) is 18.2 Å². The van der Waals surface area contributed by atoms with E-state index >= 15 is 0 Å². The SMILES string of the molecule is Cc1ccccc1OCC(=O)Nc1ccc(Sc2nncn2C)cc1. The minimum atomic E-state index is -0.197. The predicted octanol–water partition coefficient (Wildman–Crippen LogP) is 3.29. The molecule has 1 N–H and O–H groups in total. The van der Waals surface area contributed by atoms with Crippen molar-refractivity contribution in [2.75, 3.05) is 11.9 Å². The van der Waals surface area contributed by atoms with E-state index in [0.29, 0.717) is 5.75 Å². The van der Waals surface area contributed by atoms with Crippen molar-refractivity contribution in [3.63, 3.8) is 0 Å². The summed E-state index contributed by atoms with van der Waals surface area (Å²) in [6.45, 7) is 1.92. The number of rotatable bonds is 6. The van der Waals surface area contributed by atoms with Gasteiger partial charge in [-0.25, -0.2) is 0 Å². The molecule has 0 atom stereocenters. The van der Waals surface area contributed by atoms with Crippen LogP contribution in [0.2, 0.25) is 0 Å². The fraction of sp³-hybridized carbons (Fsp3) is 0.167. The van der Waals surface area contributed by atoms with Crippen molar-refractivity contribution in [3.05, 3.63) is 60.4 Å². The Hall–Kier alpha value is -2.80. The third-order valence-electron chi connectivity index (χ3n) is 3.47. The topological polar surface area (TPSA) is 69.0 Å². The molecule has 0 spiro atoms. The van der Waals surface area contributed by atoms with Crippen molar-refractivity contribution in [3.8, 4) is 5.75 Å². The number of carbonyl (C=O) groups excluding carboxylic acids is 1. The van der Waals surface area contributed by atoms with Crippen LogP contribution in [0.5, 0.6) is 5.75 Å². The number of hydrogen-bond acceptors (Lipinski definition) is 5. The van der Waals surface area contributed by atoms with Crippen LogP contribution in [0, 0.1) is 6.92 Å². The second-order valence-corrected chi connectivity index (χ2v) is 6.49. The number of nitrogens with zero attached hydrogens (tertiary/aromatic N) is 3. The van der Waals surface area contributed by atoms with Crippen LogP contribution in [0.1, 0.15) is 5.56 Å². The fourth-order valence-electron chi connectivity index (χ4n) is 2.14. The highest BCUT2D eigenvalue weighted by Gasteiger charge is 2.07. The normalized spacial score (nSPS) is 10.5. The standard InChI is InChI=1S/C18H18N4O2S/c1-13-5-3-4-6-16(13)24-11-17(23)20-14-7-9-15(10-8-14)25-18-21-19-12-22(18)2/h3-10,12H,11H2,1-2H3,(H,20,23). The molecule has 0 aliphatic rings. The Bertz CT molecular complexity index is 862. The number of aryl methyl sites for hydroxylation is 2. The Balaban J connectivity index is 1.53. The van der Waals surface area contributed by atoms with Crippen molar-refractivity contribution >= 4 is 23.4 Å². The van der Waals surface area contributed by atoms with Crippen molar-refractivity contribution < 1.29 is 9.53 Å². The van der Waals surface area contributed by atoms with Crippen LogP contribution in [-0.4, -0.2) is 27.3 Å². The third-order valence-corrected chi connectivity index (χ3v) is 4.53. The van der Waals surface area contributed by atoms with Crippen LogP contribution in [0.25, 0.3) is 0 Å². The zero-order chi connectivity index (χ0) is 17.6. The van der Waals surface area contributed by atoms with Gasteiger partial charge >= 0.3 is 0 Å². The lowest BCUT2D eigenvalue weighted by molar-refractivity contribution is -0.118. The molecule has 7 heteroatoms. The van der Waals surface area contributed by atoms with E-state index in [1.807, 2.05) is 67.1 Å². The first-order valence-corrected chi connectivity index (χ1v) is 8.53. The molecular formula is C18H18N4O2S. The van der Waals surface area contributed by atoms with Crippen molar-refractivity contribution in [2.24, 2.45) is 7.05 Å². The summed E-state index contributed by atoms with van der Waals surface area (Å²) < 4.78 is 7.39. The molecule has 0 bridgehead atoms. The average molecular weight is 354 g/mol. The van der Waals surface area contributed by atoms with Crippen LogP contribution in [0.3, 0.4) is 0 Å². The lowest BCUT2D eigenvalue weighted by Crippen LogP contribution is -2.20. The summed E-state index contributed by atoms with van der Waals surface area (Å²) in [6.07, 6.45) is 1.66. The molecule has 6 nitrogen and oxygen atoms in total. The highest BCUT2D eigenvalue weighted by Crippen LogP contribution is 2.26. The molecule has 3 rings (SSSR count). The minimum absolute atomic E-state index is 0.0275. The highest BCUT2D eigenvalue weighted by atomic mass is 32.2. The van der Waals surface area contributed by atoms with E-state index in [9.17, 15) is 4.79 Å². The highest BCUT2D eigenvalue weighted by molar-refractivity contribution is 7.99. The summed E-state index contributed by atoms with van der Waals surface area (Å²) in [5.74, 6) is 0.519. The number of amides is 1. The van der Waals surface area contributed by atoms with E-state index in [2.05, 4.69) is 15.5 Å². The molecule has 2 aromatic carbocycles. The Labute approximate surface area is 150 Å². The first kappa shape index (κ1) is 17.0. The monoisotopic (exact) mass is 354 g/mol. The third kappa shape index (κ3) is 4.60. The van der Waals surface area contributed by atoms with E-state index in [1.165, 1.54) is 11.8 Å².